The molecule has 0 aromatic carbocycles. The van der Waals surface area contributed by atoms with Gasteiger partial charge in [-0.15, -0.1) is 0 Å². The topological polar surface area (TPSA) is 97.2 Å². The van der Waals surface area contributed by atoms with Gasteiger partial charge >= 0.3 is 6.18 Å². The second-order valence-electron chi connectivity index (χ2n) is 4.59. The molecule has 2 heterocycles. The minimum absolute atomic E-state index is 0.0131. The lowest BCUT2D eigenvalue weighted by Crippen LogP contribution is -2.46. The molecule has 0 spiro atoms. The molecule has 1 aliphatic heterocycles. The summed E-state index contributed by atoms with van der Waals surface area (Å²) in [6, 6.07) is -0.517. The first-order valence-corrected chi connectivity index (χ1v) is 7.22. The van der Waals surface area contributed by atoms with Crippen LogP contribution >= 0.6 is 0 Å². The van der Waals surface area contributed by atoms with Crippen molar-refractivity contribution in [3.05, 3.63) is 6.20 Å². The molecule has 20 heavy (non-hydrogen) atoms. The lowest BCUT2D eigenvalue weighted by atomic mass is 10.2. The molecule has 1 aliphatic rings. The zero-order valence-electron chi connectivity index (χ0n) is 10.6. The number of rotatable bonds is 3. The van der Waals surface area contributed by atoms with Gasteiger partial charge in [0.05, 0.1) is 25.3 Å². The van der Waals surface area contributed by atoms with Gasteiger partial charge in [-0.3, -0.25) is 4.90 Å². The van der Waals surface area contributed by atoms with Crippen LogP contribution in [0.4, 0.5) is 13.2 Å². The molecule has 0 amide bonds. The van der Waals surface area contributed by atoms with Gasteiger partial charge in [-0.1, -0.05) is 0 Å². The predicted molar refractivity (Wildman–Crippen MR) is 63.5 cm³/mol. The molecule has 11 heteroatoms. The van der Waals surface area contributed by atoms with Gasteiger partial charge in [-0.05, 0) is 7.05 Å². The summed E-state index contributed by atoms with van der Waals surface area (Å²) < 4.78 is 62.3. The third-order valence-corrected chi connectivity index (χ3v) is 3.87. The van der Waals surface area contributed by atoms with Crippen LogP contribution in [0.15, 0.2) is 11.1 Å². The minimum atomic E-state index is -4.29. The van der Waals surface area contributed by atoms with E-state index in [2.05, 4.69) is 5.10 Å². The van der Waals surface area contributed by atoms with Crippen molar-refractivity contribution in [2.24, 2.45) is 5.14 Å². The van der Waals surface area contributed by atoms with Crippen molar-refractivity contribution in [3.8, 4) is 5.88 Å². The second kappa shape index (κ2) is 4.90. The average molecular weight is 313 g/mol. The first-order chi connectivity index (χ1) is 9.08. The second-order valence-corrected chi connectivity index (χ2v) is 6.23. The number of nitrogens with one attached hydrogen (secondary N) is 1. The van der Waals surface area contributed by atoms with Crippen molar-refractivity contribution in [2.75, 3.05) is 20.2 Å². The highest BCUT2D eigenvalue weighted by Crippen LogP contribution is 2.27. The predicted octanol–water partition coefficient (Wildman–Crippen LogP) is 0.418. The minimum Gasteiger partial charge on any atom is -0.475 e. The van der Waals surface area contributed by atoms with Crippen molar-refractivity contribution < 1.29 is 22.1 Å². The van der Waals surface area contributed by atoms with E-state index in [-0.39, 0.29) is 23.9 Å². The summed E-state index contributed by atoms with van der Waals surface area (Å²) in [4.78, 5) is 1.07. The summed E-state index contributed by atoms with van der Waals surface area (Å²) in [5, 5.41) is 9.06. The van der Waals surface area contributed by atoms with Gasteiger partial charge in [-0.2, -0.15) is 18.3 Å². The number of alkyl halides is 3. The smallest absolute Gasteiger partial charge is 0.401 e. The van der Waals surface area contributed by atoms with Crippen LogP contribution in [0.3, 0.4) is 0 Å². The van der Waals surface area contributed by atoms with E-state index < -0.39 is 28.7 Å². The molecule has 3 N–H and O–H groups in total. The normalized spacial score (nSPS) is 22.2. The fourth-order valence-electron chi connectivity index (χ4n) is 1.95. The van der Waals surface area contributed by atoms with Crippen molar-refractivity contribution in [1.29, 1.82) is 4.78 Å². The van der Waals surface area contributed by atoms with Crippen LogP contribution < -0.4 is 9.88 Å². The number of likely N-dealkylation sites (N-methyl/N-ethyl adjacent to an activating group) is 1. The van der Waals surface area contributed by atoms with E-state index in [1.54, 1.807) is 0 Å². The van der Waals surface area contributed by atoms with E-state index in [0.29, 0.717) is 0 Å². The summed E-state index contributed by atoms with van der Waals surface area (Å²) in [6.45, 7) is -0.922. The van der Waals surface area contributed by atoms with E-state index >= 15 is 0 Å². The van der Waals surface area contributed by atoms with Gasteiger partial charge in [0.25, 0.3) is 0 Å². The third-order valence-electron chi connectivity index (χ3n) is 2.93. The Morgan fingerprint density at radius 1 is 1.70 bits per heavy atom. The number of hydrogen-bond acceptors (Lipinski definition) is 5. The molecule has 2 unspecified atom stereocenters. The van der Waals surface area contributed by atoms with Crippen LogP contribution in [0.1, 0.15) is 0 Å². The molecule has 0 saturated carbocycles. The fourth-order valence-corrected chi connectivity index (χ4v) is 2.57. The molecule has 1 aromatic heterocycles. The molecule has 1 aromatic rings. The number of nitrogens with zero attached hydrogens (tertiary/aromatic N) is 3. The molecule has 2 atom stereocenters. The van der Waals surface area contributed by atoms with E-state index in [1.165, 1.54) is 11.7 Å². The van der Waals surface area contributed by atoms with Gasteiger partial charge in [0, 0.05) is 0 Å². The lowest BCUT2D eigenvalue weighted by molar-refractivity contribution is -0.150. The molecule has 0 saturated heterocycles. The van der Waals surface area contributed by atoms with Gasteiger partial charge in [0.1, 0.15) is 21.4 Å². The average Bonchev–Trinajstić information content (AvgIpc) is 2.68. The maximum atomic E-state index is 12.3. The van der Waals surface area contributed by atoms with E-state index in [1.807, 2.05) is 0 Å². The van der Waals surface area contributed by atoms with E-state index in [9.17, 15) is 17.4 Å². The van der Waals surface area contributed by atoms with Crippen molar-refractivity contribution in [2.45, 2.75) is 23.7 Å². The summed E-state index contributed by atoms with van der Waals surface area (Å²) in [5.41, 5.74) is 0. The molecule has 0 aliphatic carbocycles. The Morgan fingerprint density at radius 2 is 2.35 bits per heavy atom. The fraction of sp³-hybridized carbons (Fsp3) is 0.667. The number of ether oxygens (including phenoxy) is 1. The van der Waals surface area contributed by atoms with Crippen LogP contribution in [0.5, 0.6) is 5.88 Å². The monoisotopic (exact) mass is 313 g/mol. The molecule has 0 fully saturated rings. The SMILES string of the molecule is CN(CC(F)(F)F)C1COc2c(S(=N)(N)=O)cnn2C1. The Hall–Kier alpha value is -1.33. The summed E-state index contributed by atoms with van der Waals surface area (Å²) >= 11 is 0. The number of fused-ring (bicyclic) bond motifs is 1. The maximum absolute atomic E-state index is 12.3. The van der Waals surface area contributed by atoms with E-state index in [4.69, 9.17) is 14.7 Å². The number of aromatic nitrogens is 2. The van der Waals surface area contributed by atoms with Gasteiger partial charge in [0.15, 0.2) is 0 Å². The first-order valence-electron chi connectivity index (χ1n) is 5.60. The zero-order chi connectivity index (χ0) is 15.1. The standard InChI is InChI=1S/C9H14F3N5O2S/c1-16(5-9(10,11)12)6-3-17-8(19-4-6)7(2-15-17)20(13,14)18/h2,6H,3-5H2,1H3,(H3,13,14,18). The summed E-state index contributed by atoms with van der Waals surface area (Å²) in [6.07, 6.45) is -3.14. The highest BCUT2D eigenvalue weighted by Gasteiger charge is 2.35. The molecular weight excluding hydrogens is 299 g/mol. The molecule has 114 valence electrons. The van der Waals surface area contributed by atoms with Gasteiger partial charge < -0.3 is 4.74 Å². The summed E-state index contributed by atoms with van der Waals surface area (Å²) in [5.74, 6) is 0.0872. The van der Waals surface area contributed by atoms with Crippen LogP contribution in [-0.4, -0.2) is 51.3 Å². The first kappa shape index (κ1) is 15.1. The van der Waals surface area contributed by atoms with Crippen molar-refractivity contribution >= 4 is 9.92 Å². The number of nitrogens with two attached hydrogens (primary N) is 1. The largest absolute Gasteiger partial charge is 0.475 e. The third kappa shape index (κ3) is 3.22. The molecule has 2 rings (SSSR count). The lowest BCUT2D eigenvalue weighted by Gasteiger charge is -2.32. The van der Waals surface area contributed by atoms with Crippen molar-refractivity contribution in [3.63, 3.8) is 0 Å². The highest BCUT2D eigenvalue weighted by molar-refractivity contribution is 7.90. The Bertz CT molecular complexity index is 597. The summed E-state index contributed by atoms with van der Waals surface area (Å²) in [7, 11) is -2.13. The number of hydrogen-bond donors (Lipinski definition) is 2. The Morgan fingerprint density at radius 3 is 2.90 bits per heavy atom. The highest BCUT2D eigenvalue weighted by atomic mass is 32.2. The van der Waals surface area contributed by atoms with Crippen molar-refractivity contribution in [1.82, 2.24) is 14.7 Å². The molecular formula is C9H14F3N5O2S. The Labute approximate surface area is 113 Å². The van der Waals surface area contributed by atoms with Gasteiger partial charge in [0.2, 0.25) is 5.88 Å². The van der Waals surface area contributed by atoms with E-state index in [0.717, 1.165) is 11.1 Å². The quantitative estimate of drug-likeness (QED) is 0.845. The molecule has 0 bridgehead atoms. The molecule has 0 radical (unpaired) electrons. The zero-order valence-corrected chi connectivity index (χ0v) is 11.4. The van der Waals surface area contributed by atoms with Crippen LogP contribution in [-0.2, 0) is 16.5 Å². The Balaban J connectivity index is 2.15. The maximum Gasteiger partial charge on any atom is 0.401 e. The van der Waals surface area contributed by atoms with Crippen LogP contribution in [0, 0.1) is 4.78 Å². The number of halogens is 3. The van der Waals surface area contributed by atoms with Crippen LogP contribution in [0.25, 0.3) is 0 Å². The molecule has 7 nitrogen and oxygen atoms in total. The van der Waals surface area contributed by atoms with Crippen LogP contribution in [0.2, 0.25) is 0 Å². The Kier molecular flexibility index (Phi) is 3.69. The van der Waals surface area contributed by atoms with Gasteiger partial charge in [-0.25, -0.2) is 18.8 Å².